The smallest absolute Gasteiger partial charge is 0.244 e. The molecule has 2 aromatic heterocycles. The zero-order valence-electron chi connectivity index (χ0n) is 18.3. The molecule has 0 spiro atoms. The number of aryl methyl sites for hydroxylation is 1. The fraction of sp³-hybridized carbons (Fsp3) is 0.148. The second-order valence-electron chi connectivity index (χ2n) is 7.75. The molecule has 0 aliphatic rings. The van der Waals surface area contributed by atoms with Crippen LogP contribution in [0.4, 0.5) is 0 Å². The maximum Gasteiger partial charge on any atom is 0.244 e. The lowest BCUT2D eigenvalue weighted by Crippen LogP contribution is -2.22. The zero-order chi connectivity index (χ0) is 22.9. The van der Waals surface area contributed by atoms with Crippen LogP contribution < -0.4 is 5.32 Å². The van der Waals surface area contributed by atoms with Gasteiger partial charge in [0.05, 0.1) is 6.54 Å². The highest BCUT2D eigenvalue weighted by Crippen LogP contribution is 2.23. The number of phenolic OH excluding ortho intramolecular Hbond substituents is 1. The van der Waals surface area contributed by atoms with Gasteiger partial charge >= 0.3 is 0 Å². The second kappa shape index (κ2) is 10.9. The van der Waals surface area contributed by atoms with E-state index in [1.54, 1.807) is 36.7 Å². The Hall–Kier alpha value is -4.19. The number of carbonyl (C=O) groups excluding carboxylic acids is 1. The summed E-state index contributed by atoms with van der Waals surface area (Å²) in [6.07, 6.45) is 10.4. The van der Waals surface area contributed by atoms with Crippen molar-refractivity contribution in [3.63, 3.8) is 0 Å². The number of aromatic hydroxyl groups is 1. The molecular formula is C27H26N4O2. The number of carbonyl (C=O) groups is 1. The number of hydrogen-bond donors (Lipinski definition) is 2. The quantitative estimate of drug-likeness (QED) is 0.299. The highest BCUT2D eigenvalue weighted by Gasteiger charge is 2.10. The highest BCUT2D eigenvalue weighted by molar-refractivity contribution is 5.92. The van der Waals surface area contributed by atoms with Crippen molar-refractivity contribution in [1.82, 2.24) is 20.1 Å². The topological polar surface area (TPSA) is 80.0 Å². The Morgan fingerprint density at radius 1 is 1.00 bits per heavy atom. The third-order valence-electron chi connectivity index (χ3n) is 5.20. The van der Waals surface area contributed by atoms with E-state index < -0.39 is 0 Å². The molecule has 0 fully saturated rings. The number of benzene rings is 2. The molecule has 6 heteroatoms. The van der Waals surface area contributed by atoms with Gasteiger partial charge in [-0.3, -0.25) is 14.5 Å². The van der Waals surface area contributed by atoms with Gasteiger partial charge in [0.15, 0.2) is 0 Å². The van der Waals surface area contributed by atoms with E-state index in [0.29, 0.717) is 13.1 Å². The summed E-state index contributed by atoms with van der Waals surface area (Å²) in [4.78, 5) is 16.6. The molecule has 2 heterocycles. The highest BCUT2D eigenvalue weighted by atomic mass is 16.3. The van der Waals surface area contributed by atoms with E-state index >= 15 is 0 Å². The van der Waals surface area contributed by atoms with Crippen LogP contribution >= 0.6 is 0 Å². The standard InChI is InChI=1S/C27H26N4O2/c32-25-13-10-21(11-14-25)8-4-17-29-26(33)15-12-24-20-31(19-22-6-2-1-3-7-22)30-27(24)23-9-5-16-28-18-23/h1-3,5-7,9-16,18,20,32H,4,8,17,19H2,(H,29,33). The first kappa shape index (κ1) is 22.0. The summed E-state index contributed by atoms with van der Waals surface area (Å²) in [7, 11) is 0. The van der Waals surface area contributed by atoms with E-state index in [9.17, 15) is 9.90 Å². The van der Waals surface area contributed by atoms with Crippen molar-refractivity contribution in [2.45, 2.75) is 19.4 Å². The number of amides is 1. The molecule has 2 aromatic carbocycles. The summed E-state index contributed by atoms with van der Waals surface area (Å²) in [6.45, 7) is 1.22. The Bertz CT molecular complexity index is 1200. The van der Waals surface area contributed by atoms with Gasteiger partial charge in [0.25, 0.3) is 0 Å². The van der Waals surface area contributed by atoms with Crippen LogP contribution in [0.5, 0.6) is 5.75 Å². The maximum atomic E-state index is 12.3. The number of aromatic nitrogens is 3. The lowest BCUT2D eigenvalue weighted by Gasteiger charge is -2.03. The van der Waals surface area contributed by atoms with Gasteiger partial charge in [-0.1, -0.05) is 42.5 Å². The monoisotopic (exact) mass is 438 g/mol. The Morgan fingerprint density at radius 2 is 1.82 bits per heavy atom. The van der Waals surface area contributed by atoms with Crippen molar-refractivity contribution >= 4 is 12.0 Å². The van der Waals surface area contributed by atoms with Crippen molar-refractivity contribution in [1.29, 1.82) is 0 Å². The SMILES string of the molecule is O=C(C=Cc1cn(Cc2ccccc2)nc1-c1cccnc1)NCCCc1ccc(O)cc1. The van der Waals surface area contributed by atoms with E-state index in [2.05, 4.69) is 22.4 Å². The van der Waals surface area contributed by atoms with Crippen LogP contribution in [0.3, 0.4) is 0 Å². The lowest BCUT2D eigenvalue weighted by atomic mass is 10.1. The molecule has 4 rings (SSSR count). The molecule has 0 atom stereocenters. The third-order valence-corrected chi connectivity index (χ3v) is 5.20. The average Bonchev–Trinajstić information content (AvgIpc) is 3.25. The normalized spacial score (nSPS) is 11.0. The van der Waals surface area contributed by atoms with E-state index in [-0.39, 0.29) is 11.7 Å². The van der Waals surface area contributed by atoms with Crippen molar-refractivity contribution in [2.75, 3.05) is 6.54 Å². The molecule has 0 unspecified atom stereocenters. The van der Waals surface area contributed by atoms with Crippen LogP contribution in [0.25, 0.3) is 17.3 Å². The Kier molecular flexibility index (Phi) is 7.28. The maximum absolute atomic E-state index is 12.3. The first-order valence-electron chi connectivity index (χ1n) is 10.9. The molecule has 6 nitrogen and oxygen atoms in total. The molecule has 33 heavy (non-hydrogen) atoms. The number of nitrogens with one attached hydrogen (secondary N) is 1. The summed E-state index contributed by atoms with van der Waals surface area (Å²) in [5, 5.41) is 17.0. The van der Waals surface area contributed by atoms with Crippen LogP contribution in [0.2, 0.25) is 0 Å². The van der Waals surface area contributed by atoms with Crippen LogP contribution in [0.1, 0.15) is 23.1 Å². The molecule has 4 aromatic rings. The molecule has 2 N–H and O–H groups in total. The molecule has 0 aliphatic heterocycles. The van der Waals surface area contributed by atoms with Crippen LogP contribution in [0, 0.1) is 0 Å². The number of rotatable bonds is 9. The van der Waals surface area contributed by atoms with Gasteiger partial charge in [-0.15, -0.1) is 0 Å². The second-order valence-corrected chi connectivity index (χ2v) is 7.75. The first-order chi connectivity index (χ1) is 16.2. The van der Waals surface area contributed by atoms with Gasteiger partial charge in [0.2, 0.25) is 5.91 Å². The number of pyridine rings is 1. The summed E-state index contributed by atoms with van der Waals surface area (Å²) < 4.78 is 1.88. The number of hydrogen-bond acceptors (Lipinski definition) is 4. The molecule has 0 aliphatic carbocycles. The Labute approximate surface area is 193 Å². The van der Waals surface area contributed by atoms with Crippen molar-refractivity contribution < 1.29 is 9.90 Å². The molecule has 0 bridgehead atoms. The Balaban J connectivity index is 1.39. The first-order valence-corrected chi connectivity index (χ1v) is 10.9. The molecule has 1 amide bonds. The van der Waals surface area contributed by atoms with E-state index in [1.165, 1.54) is 0 Å². The fourth-order valence-corrected chi connectivity index (χ4v) is 3.53. The molecule has 0 saturated heterocycles. The minimum atomic E-state index is -0.145. The van der Waals surface area contributed by atoms with Gasteiger partial charge < -0.3 is 10.4 Å². The van der Waals surface area contributed by atoms with Gasteiger partial charge in [0.1, 0.15) is 11.4 Å². The molecular weight excluding hydrogens is 412 g/mol. The number of phenols is 1. The summed E-state index contributed by atoms with van der Waals surface area (Å²) in [5.74, 6) is 0.114. The van der Waals surface area contributed by atoms with Crippen molar-refractivity contribution in [3.8, 4) is 17.0 Å². The van der Waals surface area contributed by atoms with Gasteiger partial charge in [0, 0.05) is 42.3 Å². The third kappa shape index (κ3) is 6.40. The summed E-state index contributed by atoms with van der Waals surface area (Å²) in [6, 6.07) is 21.1. The van der Waals surface area contributed by atoms with Gasteiger partial charge in [-0.05, 0) is 54.3 Å². The van der Waals surface area contributed by atoms with Gasteiger partial charge in [-0.25, -0.2) is 0 Å². The Morgan fingerprint density at radius 3 is 2.58 bits per heavy atom. The zero-order valence-corrected chi connectivity index (χ0v) is 18.3. The fourth-order valence-electron chi connectivity index (χ4n) is 3.53. The van der Waals surface area contributed by atoms with Gasteiger partial charge in [-0.2, -0.15) is 5.10 Å². The lowest BCUT2D eigenvalue weighted by molar-refractivity contribution is -0.116. The predicted molar refractivity (Wildman–Crippen MR) is 129 cm³/mol. The van der Waals surface area contributed by atoms with Crippen molar-refractivity contribution in [3.05, 3.63) is 108 Å². The number of nitrogens with zero attached hydrogens (tertiary/aromatic N) is 3. The average molecular weight is 439 g/mol. The van der Waals surface area contributed by atoms with Crippen LogP contribution in [0.15, 0.2) is 91.4 Å². The van der Waals surface area contributed by atoms with E-state index in [1.807, 2.05) is 53.3 Å². The molecule has 0 saturated carbocycles. The molecule has 0 radical (unpaired) electrons. The van der Waals surface area contributed by atoms with Crippen LogP contribution in [-0.4, -0.2) is 32.3 Å². The van der Waals surface area contributed by atoms with E-state index in [0.717, 1.165) is 40.8 Å². The van der Waals surface area contributed by atoms with E-state index in [4.69, 9.17) is 5.10 Å². The minimum absolute atomic E-state index is 0.145. The largest absolute Gasteiger partial charge is 0.508 e. The van der Waals surface area contributed by atoms with Crippen molar-refractivity contribution in [2.24, 2.45) is 0 Å². The minimum Gasteiger partial charge on any atom is -0.508 e. The summed E-state index contributed by atoms with van der Waals surface area (Å²) in [5.41, 5.74) is 4.83. The predicted octanol–water partition coefficient (Wildman–Crippen LogP) is 4.46. The summed E-state index contributed by atoms with van der Waals surface area (Å²) >= 11 is 0. The molecule has 166 valence electrons. The van der Waals surface area contributed by atoms with Crippen LogP contribution in [-0.2, 0) is 17.8 Å².